The molecule has 23 heavy (non-hydrogen) atoms. The molecule has 0 bridgehead atoms. The van der Waals surface area contributed by atoms with Crippen molar-refractivity contribution in [1.29, 1.82) is 0 Å². The van der Waals surface area contributed by atoms with Gasteiger partial charge < -0.3 is 5.32 Å². The highest BCUT2D eigenvalue weighted by molar-refractivity contribution is 5.92. The molecule has 1 rings (SSSR count). The molecule has 0 aliphatic rings. The molecule has 0 saturated carbocycles. The van der Waals surface area contributed by atoms with Crippen LogP contribution in [0.4, 0.5) is 0 Å². The molecule has 0 aliphatic carbocycles. The fourth-order valence-corrected chi connectivity index (χ4v) is 1.41. The first kappa shape index (κ1) is 23.2. The van der Waals surface area contributed by atoms with Gasteiger partial charge in [0.25, 0.3) is 0 Å². The van der Waals surface area contributed by atoms with Crippen LogP contribution in [0.15, 0.2) is 66.8 Å². The number of benzene rings is 1. The average molecular weight is 316 g/mol. The Morgan fingerprint density at radius 3 is 1.87 bits per heavy atom. The van der Waals surface area contributed by atoms with E-state index in [1.807, 2.05) is 26.8 Å². The van der Waals surface area contributed by atoms with Gasteiger partial charge in [-0.2, -0.15) is 0 Å². The predicted octanol–water partition coefficient (Wildman–Crippen LogP) is 5.65. The van der Waals surface area contributed by atoms with E-state index in [0.29, 0.717) is 18.0 Å². The summed E-state index contributed by atoms with van der Waals surface area (Å²) in [6.45, 7) is 23.4. The van der Waals surface area contributed by atoms with Crippen LogP contribution in [0, 0.1) is 0 Å². The molecule has 1 aromatic carbocycles. The van der Waals surface area contributed by atoms with E-state index in [2.05, 4.69) is 63.2 Å². The van der Waals surface area contributed by atoms with Gasteiger partial charge in [0.15, 0.2) is 0 Å². The molecule has 2 nitrogen and oxygen atoms in total. The first-order valence-corrected chi connectivity index (χ1v) is 8.04. The van der Waals surface area contributed by atoms with Gasteiger partial charge in [0.05, 0.1) is 0 Å². The Morgan fingerprint density at radius 1 is 1.04 bits per heavy atom. The topological polar surface area (TPSA) is 29.1 Å². The molecule has 0 radical (unpaired) electrons. The smallest absolute Gasteiger partial charge is 0.246 e. The molecular weight excluding hydrogens is 282 g/mol. The second-order valence-corrected chi connectivity index (χ2v) is 5.40. The van der Waals surface area contributed by atoms with Crippen LogP contribution < -0.4 is 5.32 Å². The SMILES string of the molecule is C=C(C)C(C)c1ccccc1.C=C(C)CNC(=O)C(=C)C.CC. The number of carbonyl (C=O) groups excluding carboxylic acids is 1. The van der Waals surface area contributed by atoms with E-state index in [-0.39, 0.29) is 5.91 Å². The third-order valence-corrected chi connectivity index (χ3v) is 2.98. The number of hydrogen-bond acceptors (Lipinski definition) is 1. The largest absolute Gasteiger partial charge is 0.349 e. The zero-order chi connectivity index (χ0) is 18.4. The Bertz CT molecular complexity index is 500. The van der Waals surface area contributed by atoms with Crippen LogP contribution in [-0.2, 0) is 4.79 Å². The van der Waals surface area contributed by atoms with Crippen LogP contribution in [0.1, 0.15) is 53.0 Å². The summed E-state index contributed by atoms with van der Waals surface area (Å²) in [7, 11) is 0. The zero-order valence-corrected chi connectivity index (χ0v) is 15.7. The minimum atomic E-state index is -0.108. The number of carbonyl (C=O) groups is 1. The maximum atomic E-state index is 10.8. The van der Waals surface area contributed by atoms with Crippen molar-refractivity contribution in [3.63, 3.8) is 0 Å². The van der Waals surface area contributed by atoms with Crippen LogP contribution in [0.25, 0.3) is 0 Å². The van der Waals surface area contributed by atoms with Crippen molar-refractivity contribution < 1.29 is 4.79 Å². The van der Waals surface area contributed by atoms with E-state index in [1.165, 1.54) is 11.1 Å². The van der Waals surface area contributed by atoms with E-state index in [9.17, 15) is 4.79 Å². The van der Waals surface area contributed by atoms with Crippen LogP contribution in [0.3, 0.4) is 0 Å². The highest BCUT2D eigenvalue weighted by atomic mass is 16.1. The lowest BCUT2D eigenvalue weighted by Gasteiger charge is -2.10. The van der Waals surface area contributed by atoms with Gasteiger partial charge >= 0.3 is 0 Å². The second-order valence-electron chi connectivity index (χ2n) is 5.40. The van der Waals surface area contributed by atoms with E-state index in [4.69, 9.17) is 0 Å². The maximum absolute atomic E-state index is 10.8. The van der Waals surface area contributed by atoms with Crippen LogP contribution in [-0.4, -0.2) is 12.5 Å². The first-order valence-electron chi connectivity index (χ1n) is 8.04. The molecular formula is C21H33NO. The van der Waals surface area contributed by atoms with E-state index >= 15 is 0 Å². The summed E-state index contributed by atoms with van der Waals surface area (Å²) < 4.78 is 0. The summed E-state index contributed by atoms with van der Waals surface area (Å²) >= 11 is 0. The number of nitrogens with one attached hydrogen (secondary N) is 1. The predicted molar refractivity (Wildman–Crippen MR) is 104 cm³/mol. The van der Waals surface area contributed by atoms with Gasteiger partial charge in [-0.1, -0.05) is 82.0 Å². The highest BCUT2D eigenvalue weighted by Crippen LogP contribution is 2.20. The van der Waals surface area contributed by atoms with Gasteiger partial charge in [0.2, 0.25) is 5.91 Å². The van der Waals surface area contributed by atoms with Crippen LogP contribution in [0.5, 0.6) is 0 Å². The Morgan fingerprint density at radius 2 is 1.52 bits per heavy atom. The second kappa shape index (κ2) is 13.6. The van der Waals surface area contributed by atoms with Crippen LogP contribution in [0.2, 0.25) is 0 Å². The van der Waals surface area contributed by atoms with Crippen molar-refractivity contribution in [2.45, 2.75) is 47.5 Å². The molecule has 0 aliphatic heterocycles. The quantitative estimate of drug-likeness (QED) is 0.552. The molecule has 0 fully saturated rings. The van der Waals surface area contributed by atoms with Gasteiger partial charge in [-0.05, 0) is 26.3 Å². The minimum Gasteiger partial charge on any atom is -0.349 e. The minimum absolute atomic E-state index is 0.108. The van der Waals surface area contributed by atoms with Crippen molar-refractivity contribution in [1.82, 2.24) is 5.32 Å². The number of rotatable bonds is 5. The van der Waals surface area contributed by atoms with Crippen molar-refractivity contribution in [2.75, 3.05) is 6.54 Å². The van der Waals surface area contributed by atoms with Crippen LogP contribution >= 0.6 is 0 Å². The molecule has 0 spiro atoms. The van der Waals surface area contributed by atoms with Gasteiger partial charge in [0.1, 0.15) is 0 Å². The number of allylic oxidation sites excluding steroid dienone is 1. The summed E-state index contributed by atoms with van der Waals surface area (Å²) in [5.74, 6) is 0.374. The van der Waals surface area contributed by atoms with Crippen molar-refractivity contribution in [3.05, 3.63) is 72.4 Å². The molecule has 1 N–H and O–H groups in total. The van der Waals surface area contributed by atoms with E-state index in [1.54, 1.807) is 6.92 Å². The zero-order valence-electron chi connectivity index (χ0n) is 15.7. The third kappa shape index (κ3) is 12.2. The summed E-state index contributed by atoms with van der Waals surface area (Å²) in [5, 5.41) is 2.64. The Hall–Kier alpha value is -2.09. The summed E-state index contributed by atoms with van der Waals surface area (Å²) in [6, 6.07) is 10.4. The van der Waals surface area contributed by atoms with Gasteiger partial charge in [-0.25, -0.2) is 0 Å². The van der Waals surface area contributed by atoms with Crippen molar-refractivity contribution in [2.24, 2.45) is 0 Å². The molecule has 1 unspecified atom stereocenters. The normalized spacial score (nSPS) is 10.0. The van der Waals surface area contributed by atoms with Crippen molar-refractivity contribution >= 4 is 5.91 Å². The van der Waals surface area contributed by atoms with Gasteiger partial charge in [-0.3, -0.25) is 4.79 Å². The fraction of sp³-hybridized carbons (Fsp3) is 0.381. The average Bonchev–Trinajstić information content (AvgIpc) is 2.54. The Labute approximate surface area is 143 Å². The summed E-state index contributed by atoms with van der Waals surface area (Å²) in [4.78, 5) is 10.8. The Kier molecular flexibility index (Phi) is 13.7. The fourth-order valence-electron chi connectivity index (χ4n) is 1.41. The maximum Gasteiger partial charge on any atom is 0.246 e. The molecule has 0 heterocycles. The molecule has 1 atom stereocenters. The molecule has 1 amide bonds. The molecule has 1 aromatic rings. The monoisotopic (exact) mass is 315 g/mol. The molecule has 128 valence electrons. The lowest BCUT2D eigenvalue weighted by molar-refractivity contribution is -0.117. The molecule has 0 saturated heterocycles. The molecule has 0 aromatic heterocycles. The Balaban J connectivity index is 0. The third-order valence-electron chi connectivity index (χ3n) is 2.98. The lowest BCUT2D eigenvalue weighted by atomic mass is 9.95. The summed E-state index contributed by atoms with van der Waals surface area (Å²) in [6.07, 6.45) is 0. The lowest BCUT2D eigenvalue weighted by Crippen LogP contribution is -2.24. The van der Waals surface area contributed by atoms with E-state index < -0.39 is 0 Å². The van der Waals surface area contributed by atoms with E-state index in [0.717, 1.165) is 5.57 Å². The van der Waals surface area contributed by atoms with Gasteiger partial charge in [0, 0.05) is 18.0 Å². The number of hydrogen-bond donors (Lipinski definition) is 1. The first-order chi connectivity index (χ1) is 10.8. The van der Waals surface area contributed by atoms with Crippen molar-refractivity contribution in [3.8, 4) is 0 Å². The summed E-state index contributed by atoms with van der Waals surface area (Å²) in [5.41, 5.74) is 4.03. The van der Waals surface area contributed by atoms with Gasteiger partial charge in [-0.15, -0.1) is 0 Å². The highest BCUT2D eigenvalue weighted by Gasteiger charge is 2.03. The molecule has 2 heteroatoms. The standard InChI is InChI=1S/C11H14.C8H13NO.C2H6/c1-9(2)10(3)11-7-5-4-6-8-11;1-6(2)5-9-8(10)7(3)4;1-2/h4-8,10H,1H2,2-3H3;1,3,5H2,2,4H3,(H,9,10);1-2H3. The number of amides is 1.